The van der Waals surface area contributed by atoms with Crippen LogP contribution in [0.4, 0.5) is 5.69 Å². The van der Waals surface area contributed by atoms with Crippen molar-refractivity contribution in [1.29, 1.82) is 5.41 Å². The number of hydroxylamine groups is 1. The number of nitrogens with one attached hydrogen (secondary N) is 1. The van der Waals surface area contributed by atoms with Crippen molar-refractivity contribution in [2.75, 3.05) is 11.7 Å². The van der Waals surface area contributed by atoms with E-state index in [0.29, 0.717) is 24.0 Å². The maximum absolute atomic E-state index is 10.4. The fourth-order valence-electron chi connectivity index (χ4n) is 1.58. The predicted molar refractivity (Wildman–Crippen MR) is 74.4 cm³/mol. The van der Waals surface area contributed by atoms with Gasteiger partial charge in [-0.25, -0.2) is 4.68 Å². The SMILES string of the molecule is N=C(N)N(O[N+](=O)[O-])c1ccc(OCCn2ccnn2)cc1. The molecule has 0 atom stereocenters. The number of rotatable bonds is 7. The summed E-state index contributed by atoms with van der Waals surface area (Å²) in [5.74, 6) is -0.0648. The van der Waals surface area contributed by atoms with Gasteiger partial charge in [0.15, 0.2) is 0 Å². The van der Waals surface area contributed by atoms with Gasteiger partial charge < -0.3 is 10.5 Å². The number of anilines is 1. The van der Waals surface area contributed by atoms with Gasteiger partial charge in [0.2, 0.25) is 5.96 Å². The van der Waals surface area contributed by atoms with E-state index in [1.807, 2.05) is 0 Å². The van der Waals surface area contributed by atoms with Crippen LogP contribution in [0, 0.1) is 15.5 Å². The minimum atomic E-state index is -1.05. The van der Waals surface area contributed by atoms with E-state index in [2.05, 4.69) is 15.3 Å². The Kier molecular flexibility index (Phi) is 4.70. The highest BCUT2D eigenvalue weighted by Gasteiger charge is 2.14. The van der Waals surface area contributed by atoms with Gasteiger partial charge in [-0.2, -0.15) is 4.94 Å². The summed E-state index contributed by atoms with van der Waals surface area (Å²) in [4.78, 5) is 14.6. The second-order valence-electron chi connectivity index (χ2n) is 3.99. The van der Waals surface area contributed by atoms with Gasteiger partial charge in [0.05, 0.1) is 18.4 Å². The number of aromatic nitrogens is 3. The predicted octanol–water partition coefficient (Wildman–Crippen LogP) is 0.180. The summed E-state index contributed by atoms with van der Waals surface area (Å²) in [7, 11) is 0. The molecule has 11 nitrogen and oxygen atoms in total. The molecular weight excluding hydrogens is 294 g/mol. The highest BCUT2D eigenvalue weighted by Crippen LogP contribution is 2.19. The Morgan fingerprint density at radius 1 is 1.45 bits per heavy atom. The Hall–Kier alpha value is -3.37. The standard InChI is InChI=1S/C11H13N7O4/c12-11(13)17(22-18(19)20)9-1-3-10(4-2-9)21-8-7-16-6-5-14-15-16/h1-6H,7-8H2,(H3,12,13). The summed E-state index contributed by atoms with van der Waals surface area (Å²) in [6.45, 7) is 0.913. The molecule has 0 radical (unpaired) electrons. The van der Waals surface area contributed by atoms with Crippen molar-refractivity contribution in [3.63, 3.8) is 0 Å². The number of nitrogens with zero attached hydrogens (tertiary/aromatic N) is 5. The molecule has 0 amide bonds. The Balaban J connectivity index is 1.93. The summed E-state index contributed by atoms with van der Waals surface area (Å²) in [6, 6.07) is 6.12. The van der Waals surface area contributed by atoms with Crippen molar-refractivity contribution >= 4 is 11.6 Å². The van der Waals surface area contributed by atoms with Gasteiger partial charge in [-0.15, -0.1) is 20.3 Å². The molecule has 0 unspecified atom stereocenters. The van der Waals surface area contributed by atoms with Crippen LogP contribution in [0.3, 0.4) is 0 Å². The Morgan fingerprint density at radius 2 is 2.18 bits per heavy atom. The lowest BCUT2D eigenvalue weighted by Gasteiger charge is -2.18. The monoisotopic (exact) mass is 307 g/mol. The summed E-state index contributed by atoms with van der Waals surface area (Å²) in [5.41, 5.74) is 5.45. The zero-order valence-corrected chi connectivity index (χ0v) is 11.3. The van der Waals surface area contributed by atoms with Crippen molar-refractivity contribution in [2.45, 2.75) is 6.54 Å². The van der Waals surface area contributed by atoms with E-state index in [-0.39, 0.29) is 5.69 Å². The molecule has 1 aromatic carbocycles. The van der Waals surface area contributed by atoms with Gasteiger partial charge in [0.25, 0.3) is 0 Å². The third-order valence-corrected chi connectivity index (χ3v) is 2.50. The van der Waals surface area contributed by atoms with Crippen molar-refractivity contribution in [3.05, 3.63) is 46.8 Å². The summed E-state index contributed by atoms with van der Waals surface area (Å²) >= 11 is 0. The lowest BCUT2D eigenvalue weighted by Crippen LogP contribution is -2.38. The van der Waals surface area contributed by atoms with Crippen LogP contribution in [-0.2, 0) is 11.5 Å². The molecule has 0 spiro atoms. The molecule has 11 heteroatoms. The average molecular weight is 307 g/mol. The fraction of sp³-hybridized carbons (Fsp3) is 0.182. The van der Waals surface area contributed by atoms with Gasteiger partial charge in [0.1, 0.15) is 12.4 Å². The Bertz CT molecular complexity index is 628. The highest BCUT2D eigenvalue weighted by atomic mass is 17.0. The van der Waals surface area contributed by atoms with Crippen LogP contribution in [-0.4, -0.2) is 32.6 Å². The van der Waals surface area contributed by atoms with Crippen molar-refractivity contribution < 1.29 is 14.8 Å². The minimum absolute atomic E-state index is 0.229. The van der Waals surface area contributed by atoms with Crippen molar-refractivity contribution in [2.24, 2.45) is 5.73 Å². The molecular formula is C11H13N7O4. The highest BCUT2D eigenvalue weighted by molar-refractivity contribution is 5.90. The number of hydrogen-bond donors (Lipinski definition) is 2. The number of ether oxygens (including phenoxy) is 1. The molecule has 116 valence electrons. The fourth-order valence-corrected chi connectivity index (χ4v) is 1.58. The lowest BCUT2D eigenvalue weighted by atomic mass is 10.3. The van der Waals surface area contributed by atoms with Gasteiger partial charge in [-0.05, 0) is 24.3 Å². The largest absolute Gasteiger partial charge is 0.492 e. The van der Waals surface area contributed by atoms with Crippen LogP contribution in [0.25, 0.3) is 0 Å². The molecule has 22 heavy (non-hydrogen) atoms. The first-order valence-corrected chi connectivity index (χ1v) is 6.10. The lowest BCUT2D eigenvalue weighted by molar-refractivity contribution is -0.758. The first-order chi connectivity index (χ1) is 10.6. The molecule has 0 saturated carbocycles. The molecule has 0 fully saturated rings. The molecule has 2 rings (SSSR count). The molecule has 0 aliphatic heterocycles. The van der Waals surface area contributed by atoms with Gasteiger partial charge in [-0.3, -0.25) is 5.41 Å². The van der Waals surface area contributed by atoms with E-state index in [1.54, 1.807) is 29.2 Å². The zero-order valence-electron chi connectivity index (χ0n) is 11.3. The third kappa shape index (κ3) is 4.06. The second-order valence-corrected chi connectivity index (χ2v) is 3.99. The van der Waals surface area contributed by atoms with E-state index >= 15 is 0 Å². The molecule has 1 aromatic heterocycles. The van der Waals surface area contributed by atoms with Crippen LogP contribution in [0.2, 0.25) is 0 Å². The van der Waals surface area contributed by atoms with E-state index in [9.17, 15) is 10.1 Å². The second kappa shape index (κ2) is 6.88. The Labute approximate surface area is 124 Å². The maximum Gasteiger partial charge on any atom is 0.317 e. The Morgan fingerprint density at radius 3 is 2.73 bits per heavy atom. The average Bonchev–Trinajstić information content (AvgIpc) is 2.98. The number of benzene rings is 1. The van der Waals surface area contributed by atoms with Crippen LogP contribution >= 0.6 is 0 Å². The quantitative estimate of drug-likeness (QED) is 0.319. The first-order valence-electron chi connectivity index (χ1n) is 6.10. The van der Waals surface area contributed by atoms with Gasteiger partial charge in [0, 0.05) is 6.20 Å². The van der Waals surface area contributed by atoms with Gasteiger partial charge >= 0.3 is 5.09 Å². The molecule has 2 aromatic rings. The molecule has 0 saturated heterocycles. The maximum atomic E-state index is 10.4. The van der Waals surface area contributed by atoms with E-state index in [1.165, 1.54) is 12.1 Å². The molecule has 0 aliphatic rings. The van der Waals surface area contributed by atoms with Crippen LogP contribution in [0.15, 0.2) is 36.7 Å². The number of guanidine groups is 1. The summed E-state index contributed by atoms with van der Waals surface area (Å²) < 4.78 is 7.11. The topological polar surface area (TPSA) is 145 Å². The van der Waals surface area contributed by atoms with E-state index < -0.39 is 11.0 Å². The van der Waals surface area contributed by atoms with Crippen LogP contribution in [0.5, 0.6) is 5.75 Å². The number of hydrogen-bond acceptors (Lipinski definition) is 7. The zero-order chi connectivity index (χ0) is 15.9. The van der Waals surface area contributed by atoms with Gasteiger partial charge in [-0.1, -0.05) is 5.21 Å². The van der Waals surface area contributed by atoms with Crippen LogP contribution in [0.1, 0.15) is 0 Å². The van der Waals surface area contributed by atoms with Crippen LogP contribution < -0.4 is 15.5 Å². The van der Waals surface area contributed by atoms with Crippen molar-refractivity contribution in [1.82, 2.24) is 15.0 Å². The van der Waals surface area contributed by atoms with E-state index in [4.69, 9.17) is 15.9 Å². The minimum Gasteiger partial charge on any atom is -0.492 e. The molecule has 0 bridgehead atoms. The normalized spacial score (nSPS) is 10.0. The first kappa shape index (κ1) is 15.0. The van der Waals surface area contributed by atoms with E-state index in [0.717, 1.165) is 0 Å². The van der Waals surface area contributed by atoms with Crippen molar-refractivity contribution in [3.8, 4) is 5.75 Å². The third-order valence-electron chi connectivity index (χ3n) is 2.50. The number of nitrogens with two attached hydrogens (primary N) is 1. The summed E-state index contributed by atoms with van der Waals surface area (Å²) in [6.07, 6.45) is 3.28. The molecule has 1 heterocycles. The smallest absolute Gasteiger partial charge is 0.317 e. The molecule has 0 aliphatic carbocycles. The summed E-state index contributed by atoms with van der Waals surface area (Å²) in [5, 5.41) is 24.6. The molecule has 3 N–H and O–H groups in total.